The van der Waals surface area contributed by atoms with E-state index in [1.165, 1.54) is 24.5 Å². The highest BCUT2D eigenvalue weighted by atomic mass is 32.1. The van der Waals surface area contributed by atoms with Gasteiger partial charge in [0.15, 0.2) is 0 Å². The van der Waals surface area contributed by atoms with E-state index in [-0.39, 0.29) is 5.69 Å². The van der Waals surface area contributed by atoms with Crippen LogP contribution in [-0.4, -0.2) is 52.4 Å². The SMILES string of the molecule is C=C(/N=C(\C=C/C)C(CCOC)C(=O)Nc1ccc(-c2cncc(OCC)n2)cc1F)NN(S)C1CC1. The van der Waals surface area contributed by atoms with Crippen molar-refractivity contribution in [3.63, 3.8) is 0 Å². The zero-order valence-electron chi connectivity index (χ0n) is 21.3. The Morgan fingerprint density at radius 1 is 1.41 bits per heavy atom. The van der Waals surface area contributed by atoms with Gasteiger partial charge in [-0.1, -0.05) is 31.5 Å². The molecule has 0 bridgehead atoms. The number of rotatable bonds is 14. The molecule has 1 aromatic carbocycles. The summed E-state index contributed by atoms with van der Waals surface area (Å²) >= 11 is 4.40. The molecule has 3 rings (SSSR count). The molecule has 1 fully saturated rings. The third-order valence-electron chi connectivity index (χ3n) is 5.45. The second-order valence-corrected chi connectivity index (χ2v) is 8.80. The van der Waals surface area contributed by atoms with E-state index in [0.717, 1.165) is 12.8 Å². The number of hydrazine groups is 1. The number of allylic oxidation sites excluding steroid dienone is 2. The molecule has 1 saturated carbocycles. The Kier molecular flexibility index (Phi) is 10.6. The molecule has 1 atom stereocenters. The van der Waals surface area contributed by atoms with E-state index < -0.39 is 17.6 Å². The van der Waals surface area contributed by atoms with E-state index in [0.29, 0.717) is 54.3 Å². The molecule has 1 unspecified atom stereocenters. The predicted octanol–water partition coefficient (Wildman–Crippen LogP) is 4.57. The molecule has 1 aliphatic carbocycles. The number of methoxy groups -OCH3 is 1. The van der Waals surface area contributed by atoms with Gasteiger partial charge in [-0.3, -0.25) is 15.2 Å². The van der Waals surface area contributed by atoms with Gasteiger partial charge in [-0.2, -0.15) is 4.41 Å². The maximum absolute atomic E-state index is 15.0. The average Bonchev–Trinajstić information content (AvgIpc) is 3.72. The minimum absolute atomic E-state index is 0.0390. The van der Waals surface area contributed by atoms with Crippen molar-refractivity contribution < 1.29 is 18.7 Å². The van der Waals surface area contributed by atoms with Gasteiger partial charge in [0, 0.05) is 25.3 Å². The van der Waals surface area contributed by atoms with E-state index in [4.69, 9.17) is 9.47 Å². The summed E-state index contributed by atoms with van der Waals surface area (Å²) in [5, 5.41) is 2.69. The number of carbonyl (C=O) groups excluding carboxylic acids is 1. The number of hydrogen-bond donors (Lipinski definition) is 3. The normalized spacial score (nSPS) is 14.6. The molecule has 1 aliphatic rings. The lowest BCUT2D eigenvalue weighted by Gasteiger charge is -2.20. The largest absolute Gasteiger partial charge is 0.477 e. The monoisotopic (exact) mass is 528 g/mol. The Bertz CT molecular complexity index is 1150. The molecule has 1 amide bonds. The van der Waals surface area contributed by atoms with Gasteiger partial charge in [0.2, 0.25) is 11.8 Å². The van der Waals surface area contributed by atoms with Crippen LogP contribution in [0.15, 0.2) is 60.1 Å². The van der Waals surface area contributed by atoms with Crippen molar-refractivity contribution in [2.24, 2.45) is 10.9 Å². The molecular weight excluding hydrogens is 495 g/mol. The fourth-order valence-corrected chi connectivity index (χ4v) is 3.82. The third-order valence-corrected chi connectivity index (χ3v) is 5.88. The fourth-order valence-electron chi connectivity index (χ4n) is 3.47. The Labute approximate surface area is 222 Å². The highest BCUT2D eigenvalue weighted by Gasteiger charge is 2.28. The molecule has 0 saturated heterocycles. The summed E-state index contributed by atoms with van der Waals surface area (Å²) < 4.78 is 27.3. The lowest BCUT2D eigenvalue weighted by atomic mass is 9.97. The Morgan fingerprint density at radius 2 is 2.19 bits per heavy atom. The number of anilines is 1. The number of aliphatic imine (C=N–C) groups is 1. The standard InChI is InChI=1S/C26H33FN6O3S/c1-5-7-22(29-17(3)32-33(37)19-9-10-19)20(12-13-35-4)26(34)31-23-11-8-18(14-21(23)27)24-15-28-16-25(30-24)36-6-2/h5,7-8,11,14-16,19-20,32,37H,3,6,9-10,12-13H2,1-2,4H3,(H,31,34)/b7-5-,29-22+. The molecule has 2 N–H and O–H groups in total. The Hall–Kier alpha value is -3.28. The van der Waals surface area contributed by atoms with Gasteiger partial charge in [0.25, 0.3) is 0 Å². The molecule has 0 radical (unpaired) electrons. The highest BCUT2D eigenvalue weighted by Crippen LogP contribution is 2.27. The van der Waals surface area contributed by atoms with Crippen LogP contribution < -0.4 is 15.5 Å². The minimum atomic E-state index is -0.711. The maximum atomic E-state index is 15.0. The molecule has 2 aromatic rings. The first-order valence-electron chi connectivity index (χ1n) is 12.1. The second kappa shape index (κ2) is 13.9. The van der Waals surface area contributed by atoms with Crippen molar-refractivity contribution in [2.75, 3.05) is 25.6 Å². The lowest BCUT2D eigenvalue weighted by Crippen LogP contribution is -2.33. The lowest BCUT2D eigenvalue weighted by molar-refractivity contribution is -0.118. The summed E-state index contributed by atoms with van der Waals surface area (Å²) in [6.07, 6.45) is 8.96. The first kappa shape index (κ1) is 28.3. The van der Waals surface area contributed by atoms with E-state index in [9.17, 15) is 4.79 Å². The van der Waals surface area contributed by atoms with Crippen molar-refractivity contribution in [1.82, 2.24) is 19.8 Å². The number of nitrogens with one attached hydrogen (secondary N) is 2. The second-order valence-electron chi connectivity index (χ2n) is 8.36. The number of aromatic nitrogens is 2. The molecule has 0 aliphatic heterocycles. The zero-order valence-corrected chi connectivity index (χ0v) is 22.2. The van der Waals surface area contributed by atoms with Gasteiger partial charge < -0.3 is 14.8 Å². The maximum Gasteiger partial charge on any atom is 0.233 e. The molecule has 198 valence electrons. The summed E-state index contributed by atoms with van der Waals surface area (Å²) in [5.41, 5.74) is 4.48. The molecule has 9 nitrogen and oxygen atoms in total. The van der Waals surface area contributed by atoms with Crippen LogP contribution >= 0.6 is 12.8 Å². The van der Waals surface area contributed by atoms with E-state index in [2.05, 4.69) is 45.1 Å². The molecule has 1 heterocycles. The number of halogens is 1. The Balaban J connectivity index is 1.79. The molecular formula is C26H33FN6O3S. The van der Waals surface area contributed by atoms with Crippen LogP contribution in [0.5, 0.6) is 5.88 Å². The van der Waals surface area contributed by atoms with Gasteiger partial charge in [-0.05, 0) is 51.3 Å². The molecule has 11 heteroatoms. The third kappa shape index (κ3) is 8.38. The average molecular weight is 529 g/mol. The van der Waals surface area contributed by atoms with Crippen molar-refractivity contribution >= 4 is 30.1 Å². The Morgan fingerprint density at radius 3 is 2.84 bits per heavy atom. The van der Waals surface area contributed by atoms with Crippen molar-refractivity contribution in [3.8, 4) is 17.1 Å². The summed E-state index contributed by atoms with van der Waals surface area (Å²) in [6, 6.07) is 4.78. The topological polar surface area (TPSA) is 101 Å². The minimum Gasteiger partial charge on any atom is -0.477 e. The van der Waals surface area contributed by atoms with Crippen LogP contribution in [-0.2, 0) is 9.53 Å². The number of amides is 1. The van der Waals surface area contributed by atoms with Crippen LogP contribution in [0.25, 0.3) is 11.3 Å². The number of carbonyl (C=O) groups is 1. The molecule has 37 heavy (non-hydrogen) atoms. The predicted molar refractivity (Wildman–Crippen MR) is 146 cm³/mol. The fraction of sp³-hybridized carbons (Fsp3) is 0.385. The van der Waals surface area contributed by atoms with Crippen molar-refractivity contribution in [1.29, 1.82) is 0 Å². The van der Waals surface area contributed by atoms with Crippen molar-refractivity contribution in [2.45, 2.75) is 39.2 Å². The van der Waals surface area contributed by atoms with Crippen LogP contribution in [0.2, 0.25) is 0 Å². The van der Waals surface area contributed by atoms with Crippen LogP contribution in [0.3, 0.4) is 0 Å². The van der Waals surface area contributed by atoms with Crippen LogP contribution in [0, 0.1) is 11.7 Å². The molecule has 0 spiro atoms. The number of nitrogens with zero attached hydrogens (tertiary/aromatic N) is 4. The summed E-state index contributed by atoms with van der Waals surface area (Å²) in [7, 11) is 1.55. The first-order chi connectivity index (χ1) is 17.9. The van der Waals surface area contributed by atoms with Gasteiger partial charge in [-0.25, -0.2) is 14.4 Å². The van der Waals surface area contributed by atoms with Crippen molar-refractivity contribution in [3.05, 3.63) is 61.0 Å². The van der Waals surface area contributed by atoms with Crippen LogP contribution in [0.1, 0.15) is 33.1 Å². The number of hydrogen-bond acceptors (Lipinski definition) is 9. The van der Waals surface area contributed by atoms with E-state index >= 15 is 4.39 Å². The number of ether oxygens (including phenoxy) is 2. The first-order valence-corrected chi connectivity index (χ1v) is 12.5. The van der Waals surface area contributed by atoms with Gasteiger partial charge in [0.05, 0.1) is 42.0 Å². The number of benzene rings is 1. The van der Waals surface area contributed by atoms with Gasteiger partial charge in [-0.15, -0.1) is 0 Å². The zero-order chi connectivity index (χ0) is 26.8. The van der Waals surface area contributed by atoms with Gasteiger partial charge >= 0.3 is 0 Å². The van der Waals surface area contributed by atoms with Gasteiger partial charge in [0.1, 0.15) is 11.6 Å². The summed E-state index contributed by atoms with van der Waals surface area (Å²) in [5.74, 6) is -1.04. The van der Waals surface area contributed by atoms with E-state index in [1.807, 2.05) is 13.8 Å². The highest BCUT2D eigenvalue weighted by molar-refractivity contribution is 7.77. The summed E-state index contributed by atoms with van der Waals surface area (Å²) in [6.45, 7) is 8.36. The van der Waals surface area contributed by atoms with Crippen LogP contribution in [0.4, 0.5) is 10.1 Å². The summed E-state index contributed by atoms with van der Waals surface area (Å²) in [4.78, 5) is 26.3. The quantitative estimate of drug-likeness (QED) is 0.188. The number of thiol groups is 1. The smallest absolute Gasteiger partial charge is 0.233 e. The van der Waals surface area contributed by atoms with E-state index in [1.54, 1.807) is 29.7 Å². The molecule has 1 aromatic heterocycles.